The summed E-state index contributed by atoms with van der Waals surface area (Å²) in [7, 11) is 0. The lowest BCUT2D eigenvalue weighted by Gasteiger charge is -2.14. The van der Waals surface area contributed by atoms with Gasteiger partial charge in [0.25, 0.3) is 0 Å². The lowest BCUT2D eigenvalue weighted by molar-refractivity contribution is 0.578. The first kappa shape index (κ1) is 12.8. The second-order valence-electron chi connectivity index (χ2n) is 4.20. The number of nitrogens with one attached hydrogen (secondary N) is 1. The third-order valence-corrected chi connectivity index (χ3v) is 4.76. The standard InChI is InChI=1S/C14H16BrNS/c1-10-3-5-12(6-4-10)11(2)16-9-14-13(15)7-8-17-14/h3-8,11,16H,9H2,1-2H3/t11-/m1/s1. The van der Waals surface area contributed by atoms with E-state index < -0.39 is 0 Å². The molecule has 1 heterocycles. The van der Waals surface area contributed by atoms with Gasteiger partial charge in [-0.2, -0.15) is 0 Å². The zero-order valence-electron chi connectivity index (χ0n) is 10.0. The Labute approximate surface area is 115 Å². The van der Waals surface area contributed by atoms with Crippen LogP contribution < -0.4 is 5.32 Å². The Hall–Kier alpha value is -0.640. The van der Waals surface area contributed by atoms with E-state index in [2.05, 4.69) is 70.8 Å². The summed E-state index contributed by atoms with van der Waals surface area (Å²) in [5.41, 5.74) is 2.64. The highest BCUT2D eigenvalue weighted by molar-refractivity contribution is 9.10. The van der Waals surface area contributed by atoms with Gasteiger partial charge in [-0.3, -0.25) is 0 Å². The summed E-state index contributed by atoms with van der Waals surface area (Å²) >= 11 is 5.33. The third kappa shape index (κ3) is 3.41. The first-order valence-corrected chi connectivity index (χ1v) is 7.36. The Morgan fingerprint density at radius 2 is 1.94 bits per heavy atom. The quantitative estimate of drug-likeness (QED) is 0.865. The maximum absolute atomic E-state index is 3.55. The summed E-state index contributed by atoms with van der Waals surface area (Å²) in [6.45, 7) is 5.23. The first-order chi connectivity index (χ1) is 8.16. The van der Waals surface area contributed by atoms with Crippen molar-refractivity contribution in [3.05, 3.63) is 56.2 Å². The van der Waals surface area contributed by atoms with Gasteiger partial charge in [-0.1, -0.05) is 29.8 Å². The van der Waals surface area contributed by atoms with Gasteiger partial charge in [-0.25, -0.2) is 0 Å². The minimum Gasteiger partial charge on any atom is -0.305 e. The molecule has 1 aromatic carbocycles. The third-order valence-electron chi connectivity index (χ3n) is 2.84. The molecule has 0 saturated heterocycles. The van der Waals surface area contributed by atoms with Crippen LogP contribution in [-0.2, 0) is 6.54 Å². The first-order valence-electron chi connectivity index (χ1n) is 5.68. The molecule has 90 valence electrons. The van der Waals surface area contributed by atoms with Gasteiger partial charge >= 0.3 is 0 Å². The van der Waals surface area contributed by atoms with Crippen molar-refractivity contribution in [1.82, 2.24) is 5.32 Å². The Bertz CT molecular complexity index is 475. The van der Waals surface area contributed by atoms with E-state index in [9.17, 15) is 0 Å². The molecular weight excluding hydrogens is 294 g/mol. The Kier molecular flexibility index (Phi) is 4.37. The number of rotatable bonds is 4. The minimum absolute atomic E-state index is 0.379. The number of thiophene rings is 1. The fourth-order valence-corrected chi connectivity index (χ4v) is 3.11. The molecular formula is C14H16BrNS. The Balaban J connectivity index is 1.95. The fraction of sp³-hybridized carbons (Fsp3) is 0.286. The van der Waals surface area contributed by atoms with Crippen LogP contribution in [0.5, 0.6) is 0 Å². The zero-order chi connectivity index (χ0) is 12.3. The molecule has 0 unspecified atom stereocenters. The van der Waals surface area contributed by atoms with E-state index in [0.717, 1.165) is 6.54 Å². The van der Waals surface area contributed by atoms with Gasteiger partial charge in [-0.15, -0.1) is 11.3 Å². The molecule has 17 heavy (non-hydrogen) atoms. The molecule has 0 fully saturated rings. The van der Waals surface area contributed by atoms with Crippen molar-refractivity contribution in [2.24, 2.45) is 0 Å². The molecule has 0 bridgehead atoms. The van der Waals surface area contributed by atoms with Crippen molar-refractivity contribution >= 4 is 27.3 Å². The van der Waals surface area contributed by atoms with Gasteiger partial charge in [0, 0.05) is 21.9 Å². The second-order valence-corrected chi connectivity index (χ2v) is 6.06. The summed E-state index contributed by atoms with van der Waals surface area (Å²) < 4.78 is 1.20. The van der Waals surface area contributed by atoms with Gasteiger partial charge in [0.05, 0.1) is 0 Å². The molecule has 1 nitrogen and oxygen atoms in total. The SMILES string of the molecule is Cc1ccc([C@@H](C)NCc2sccc2Br)cc1. The normalized spacial score (nSPS) is 12.6. The average molecular weight is 310 g/mol. The molecule has 0 aliphatic carbocycles. The van der Waals surface area contributed by atoms with Crippen molar-refractivity contribution in [2.75, 3.05) is 0 Å². The molecule has 1 aromatic heterocycles. The molecule has 3 heteroatoms. The number of halogens is 1. The van der Waals surface area contributed by atoms with Crippen LogP contribution in [0.25, 0.3) is 0 Å². The highest BCUT2D eigenvalue weighted by atomic mass is 79.9. The van der Waals surface area contributed by atoms with Crippen LogP contribution in [0.1, 0.15) is 29.0 Å². The monoisotopic (exact) mass is 309 g/mol. The van der Waals surface area contributed by atoms with Crippen LogP contribution >= 0.6 is 27.3 Å². The topological polar surface area (TPSA) is 12.0 Å². The van der Waals surface area contributed by atoms with Crippen LogP contribution in [0, 0.1) is 6.92 Å². The summed E-state index contributed by atoms with van der Waals surface area (Å²) in [5.74, 6) is 0. The van der Waals surface area contributed by atoms with Gasteiger partial charge in [-0.05, 0) is 46.8 Å². The smallest absolute Gasteiger partial charge is 0.0327 e. The van der Waals surface area contributed by atoms with Crippen LogP contribution in [0.4, 0.5) is 0 Å². The maximum Gasteiger partial charge on any atom is 0.0327 e. The molecule has 0 radical (unpaired) electrons. The number of benzene rings is 1. The zero-order valence-corrected chi connectivity index (χ0v) is 12.4. The van der Waals surface area contributed by atoms with Crippen molar-refractivity contribution in [1.29, 1.82) is 0 Å². The average Bonchev–Trinajstić information content (AvgIpc) is 2.73. The van der Waals surface area contributed by atoms with Crippen LogP contribution in [-0.4, -0.2) is 0 Å². The van der Waals surface area contributed by atoms with E-state index in [1.54, 1.807) is 11.3 Å². The van der Waals surface area contributed by atoms with E-state index in [4.69, 9.17) is 0 Å². The molecule has 0 saturated carbocycles. The predicted molar refractivity (Wildman–Crippen MR) is 78.5 cm³/mol. The highest BCUT2D eigenvalue weighted by Crippen LogP contribution is 2.23. The van der Waals surface area contributed by atoms with Gasteiger partial charge in [0.1, 0.15) is 0 Å². The molecule has 0 aliphatic rings. The number of aryl methyl sites for hydroxylation is 1. The van der Waals surface area contributed by atoms with Crippen molar-refractivity contribution < 1.29 is 0 Å². The van der Waals surface area contributed by atoms with Gasteiger partial charge in [0.15, 0.2) is 0 Å². The summed E-state index contributed by atoms with van der Waals surface area (Å²) in [5, 5.41) is 5.65. The highest BCUT2D eigenvalue weighted by Gasteiger charge is 2.06. The molecule has 2 rings (SSSR count). The van der Waals surface area contributed by atoms with Crippen molar-refractivity contribution in [2.45, 2.75) is 26.4 Å². The van der Waals surface area contributed by atoms with E-state index in [1.165, 1.54) is 20.5 Å². The van der Waals surface area contributed by atoms with Gasteiger partial charge in [0.2, 0.25) is 0 Å². The Morgan fingerprint density at radius 1 is 1.24 bits per heavy atom. The van der Waals surface area contributed by atoms with Crippen molar-refractivity contribution in [3.63, 3.8) is 0 Å². The van der Waals surface area contributed by atoms with Crippen LogP contribution in [0.15, 0.2) is 40.2 Å². The van der Waals surface area contributed by atoms with E-state index in [1.807, 2.05) is 0 Å². The second kappa shape index (κ2) is 5.80. The maximum atomic E-state index is 3.55. The Morgan fingerprint density at radius 3 is 2.53 bits per heavy atom. The van der Waals surface area contributed by atoms with Crippen LogP contribution in [0.3, 0.4) is 0 Å². The predicted octanol–water partition coefficient (Wildman–Crippen LogP) is 4.67. The van der Waals surface area contributed by atoms with Crippen molar-refractivity contribution in [3.8, 4) is 0 Å². The fourth-order valence-electron chi connectivity index (χ4n) is 1.67. The lowest BCUT2D eigenvalue weighted by atomic mass is 10.1. The van der Waals surface area contributed by atoms with E-state index in [-0.39, 0.29) is 0 Å². The van der Waals surface area contributed by atoms with Crippen LogP contribution in [0.2, 0.25) is 0 Å². The lowest BCUT2D eigenvalue weighted by Crippen LogP contribution is -2.17. The summed E-state index contributed by atoms with van der Waals surface area (Å²) in [4.78, 5) is 1.35. The minimum atomic E-state index is 0.379. The van der Waals surface area contributed by atoms with E-state index in [0.29, 0.717) is 6.04 Å². The molecule has 0 amide bonds. The molecule has 1 atom stereocenters. The van der Waals surface area contributed by atoms with E-state index >= 15 is 0 Å². The largest absolute Gasteiger partial charge is 0.305 e. The number of hydrogen-bond donors (Lipinski definition) is 1. The molecule has 1 N–H and O–H groups in total. The molecule has 0 spiro atoms. The van der Waals surface area contributed by atoms with Gasteiger partial charge < -0.3 is 5.32 Å². The molecule has 2 aromatic rings. The summed E-state index contributed by atoms with van der Waals surface area (Å²) in [6, 6.07) is 11.2. The summed E-state index contributed by atoms with van der Waals surface area (Å²) in [6.07, 6.45) is 0. The number of hydrogen-bond acceptors (Lipinski definition) is 2. The molecule has 0 aliphatic heterocycles.